The van der Waals surface area contributed by atoms with Crippen LogP contribution in [0.4, 0.5) is 13.2 Å². The van der Waals surface area contributed by atoms with Crippen molar-refractivity contribution in [3.05, 3.63) is 71.8 Å². The van der Waals surface area contributed by atoms with Crippen LogP contribution in [-0.2, 0) is 21.2 Å². The molecule has 0 heterocycles. The number of hydrogen-bond acceptors (Lipinski definition) is 5. The number of alkyl halides is 3. The molecule has 4 fully saturated rings. The first-order valence-electron chi connectivity index (χ1n) is 13.9. The van der Waals surface area contributed by atoms with Gasteiger partial charge in [-0.15, -0.1) is 0 Å². The molecule has 1 amide bonds. The Morgan fingerprint density at radius 3 is 2.10 bits per heavy atom. The molecule has 11 heteroatoms. The second-order valence-electron chi connectivity index (χ2n) is 12.1. The third-order valence-electron chi connectivity index (χ3n) is 9.27. The van der Waals surface area contributed by atoms with Crippen LogP contribution < -0.4 is 10.1 Å². The van der Waals surface area contributed by atoms with Crippen LogP contribution in [-0.4, -0.2) is 37.0 Å². The maximum absolute atomic E-state index is 13.7. The fraction of sp³-hybridized carbons (Fsp3) is 0.419. The molecule has 0 unspecified atom stereocenters. The molecule has 7 nitrogen and oxygen atoms in total. The number of sulfone groups is 1. The third-order valence-corrected chi connectivity index (χ3v) is 10.8. The Morgan fingerprint density at radius 1 is 0.929 bits per heavy atom. The Balaban J connectivity index is 1.27. The van der Waals surface area contributed by atoms with Gasteiger partial charge in [0.05, 0.1) is 10.5 Å². The number of ether oxygens (including phenoxy) is 1. The van der Waals surface area contributed by atoms with Crippen molar-refractivity contribution in [2.24, 2.45) is 23.2 Å². The summed E-state index contributed by atoms with van der Waals surface area (Å²) in [4.78, 5) is 25.5. The number of carboxylic acid groups (broad SMARTS) is 1. The number of carbonyl (C=O) groups is 2. The van der Waals surface area contributed by atoms with Crippen molar-refractivity contribution in [1.82, 2.24) is 5.32 Å². The maximum Gasteiger partial charge on any atom is 0.501 e. The van der Waals surface area contributed by atoms with E-state index < -0.39 is 43.6 Å². The predicted molar refractivity (Wildman–Crippen MR) is 147 cm³/mol. The monoisotopic (exact) mass is 601 g/mol. The topological polar surface area (TPSA) is 110 Å². The highest BCUT2D eigenvalue weighted by Gasteiger charge is 2.56. The van der Waals surface area contributed by atoms with Gasteiger partial charge in [-0.2, -0.15) is 13.2 Å². The van der Waals surface area contributed by atoms with E-state index >= 15 is 0 Å². The van der Waals surface area contributed by atoms with Gasteiger partial charge in [0.2, 0.25) is 0 Å². The minimum atomic E-state index is -5.48. The maximum atomic E-state index is 13.7. The number of carboxylic acids is 1. The van der Waals surface area contributed by atoms with Gasteiger partial charge in [0.15, 0.2) is 0 Å². The van der Waals surface area contributed by atoms with Crippen molar-refractivity contribution >= 4 is 32.5 Å². The third kappa shape index (κ3) is 5.01. The molecular formula is C31H30F3NO6S. The van der Waals surface area contributed by atoms with Crippen LogP contribution in [0.15, 0.2) is 65.6 Å². The van der Waals surface area contributed by atoms with E-state index in [4.69, 9.17) is 4.74 Å². The van der Waals surface area contributed by atoms with Crippen LogP contribution in [0.3, 0.4) is 0 Å². The number of hydrogen-bond donors (Lipinski definition) is 2. The summed E-state index contributed by atoms with van der Waals surface area (Å²) < 4.78 is 68.2. The highest BCUT2D eigenvalue weighted by molar-refractivity contribution is 7.92. The molecule has 4 aliphatic carbocycles. The van der Waals surface area contributed by atoms with Gasteiger partial charge in [0.25, 0.3) is 15.7 Å². The lowest BCUT2D eigenvalue weighted by molar-refractivity contribution is -0.150. The van der Waals surface area contributed by atoms with Gasteiger partial charge >= 0.3 is 11.5 Å². The average Bonchev–Trinajstić information content (AvgIpc) is 2.93. The summed E-state index contributed by atoms with van der Waals surface area (Å²) >= 11 is 0. The van der Waals surface area contributed by atoms with Crippen LogP contribution in [0.1, 0.15) is 54.4 Å². The number of amides is 1. The zero-order valence-electron chi connectivity index (χ0n) is 22.6. The molecule has 42 heavy (non-hydrogen) atoms. The fourth-order valence-electron chi connectivity index (χ4n) is 7.85. The van der Waals surface area contributed by atoms with E-state index in [0.717, 1.165) is 56.0 Å². The molecule has 0 aliphatic heterocycles. The van der Waals surface area contributed by atoms with Gasteiger partial charge in [-0.05, 0) is 85.4 Å². The number of fused-ring (bicyclic) bond motifs is 1. The lowest BCUT2D eigenvalue weighted by atomic mass is 9.47. The summed E-state index contributed by atoms with van der Waals surface area (Å²) in [7, 11) is -5.48. The fourth-order valence-corrected chi connectivity index (χ4v) is 8.61. The van der Waals surface area contributed by atoms with Crippen molar-refractivity contribution in [2.45, 2.75) is 61.6 Å². The average molecular weight is 602 g/mol. The first kappa shape index (κ1) is 28.5. The molecule has 3 aromatic carbocycles. The van der Waals surface area contributed by atoms with Gasteiger partial charge in [0.1, 0.15) is 18.4 Å². The molecule has 4 bridgehead atoms. The summed E-state index contributed by atoms with van der Waals surface area (Å²) in [5.41, 5.74) is -5.37. The number of benzene rings is 3. The Hall–Kier alpha value is -3.60. The molecule has 4 aliphatic rings. The van der Waals surface area contributed by atoms with Gasteiger partial charge < -0.3 is 15.2 Å². The molecule has 0 radical (unpaired) electrons. The molecule has 222 valence electrons. The van der Waals surface area contributed by atoms with Crippen molar-refractivity contribution in [2.75, 3.05) is 0 Å². The van der Waals surface area contributed by atoms with E-state index in [2.05, 4.69) is 5.32 Å². The van der Waals surface area contributed by atoms with Crippen LogP contribution >= 0.6 is 0 Å². The zero-order valence-corrected chi connectivity index (χ0v) is 23.4. The largest absolute Gasteiger partial charge is 0.501 e. The lowest BCUT2D eigenvalue weighted by Crippen LogP contribution is -2.59. The predicted octanol–water partition coefficient (Wildman–Crippen LogP) is 6.11. The second kappa shape index (κ2) is 10.3. The zero-order chi connectivity index (χ0) is 29.9. The van der Waals surface area contributed by atoms with Gasteiger partial charge in [-0.1, -0.05) is 42.5 Å². The van der Waals surface area contributed by atoms with Crippen LogP contribution in [0, 0.1) is 23.2 Å². The number of rotatable bonds is 8. The lowest BCUT2D eigenvalue weighted by Gasteiger charge is -2.58. The number of aliphatic carboxylic acids is 1. The van der Waals surface area contributed by atoms with E-state index in [-0.39, 0.29) is 17.9 Å². The minimum absolute atomic E-state index is 0.140. The molecule has 1 atom stereocenters. The Bertz CT molecular complexity index is 1620. The summed E-state index contributed by atoms with van der Waals surface area (Å²) in [6.07, 6.45) is 5.76. The van der Waals surface area contributed by atoms with Crippen molar-refractivity contribution < 1.29 is 41.0 Å². The summed E-state index contributed by atoms with van der Waals surface area (Å²) in [5, 5.41) is 14.5. The Labute approximate surface area is 241 Å². The normalized spacial score (nSPS) is 25.7. The van der Waals surface area contributed by atoms with Crippen molar-refractivity contribution in [1.29, 1.82) is 0 Å². The van der Waals surface area contributed by atoms with E-state index in [1.165, 1.54) is 12.1 Å². The molecule has 0 spiro atoms. The molecule has 4 saturated carbocycles. The van der Waals surface area contributed by atoms with Crippen molar-refractivity contribution in [3.63, 3.8) is 0 Å². The molecule has 0 aromatic heterocycles. The minimum Gasteiger partial charge on any atom is -0.487 e. The van der Waals surface area contributed by atoms with Gasteiger partial charge in [-0.25, -0.2) is 13.2 Å². The number of nitrogens with one attached hydrogen (secondary N) is 1. The second-order valence-corrected chi connectivity index (χ2v) is 14.0. The molecular weight excluding hydrogens is 571 g/mol. The van der Waals surface area contributed by atoms with Crippen LogP contribution in [0.2, 0.25) is 0 Å². The van der Waals surface area contributed by atoms with Crippen LogP contribution in [0.25, 0.3) is 10.8 Å². The van der Waals surface area contributed by atoms with E-state index in [9.17, 15) is 36.3 Å². The van der Waals surface area contributed by atoms with Gasteiger partial charge in [-0.3, -0.25) is 4.79 Å². The Morgan fingerprint density at radius 2 is 1.52 bits per heavy atom. The van der Waals surface area contributed by atoms with E-state index in [1.807, 2.05) is 12.1 Å². The number of halogens is 3. The quantitative estimate of drug-likeness (QED) is 0.322. The number of carbonyl (C=O) groups excluding carboxylic acids is 1. The first-order chi connectivity index (χ1) is 19.9. The van der Waals surface area contributed by atoms with Crippen LogP contribution in [0.5, 0.6) is 5.75 Å². The van der Waals surface area contributed by atoms with Gasteiger partial charge in [0, 0.05) is 10.8 Å². The molecule has 7 rings (SSSR count). The Kier molecular flexibility index (Phi) is 6.99. The summed E-state index contributed by atoms with van der Waals surface area (Å²) in [6.45, 7) is -0.169. The molecule has 2 N–H and O–H groups in total. The SMILES string of the molecule is O=C(N[C@H](C(=O)O)C12CC3CC(CC(C3)C1)C2)c1ccc2ccccc2c1OCc1ccc(S(=O)(=O)C(F)(F)F)cc1. The standard InChI is InChI=1S/C31H30F3NO6S/c32-31(33,34)42(39,40)23-8-5-18(6-9-23)17-41-26-24-4-2-1-3-22(24)7-10-25(26)28(36)35-27(29(37)38)30-14-19-11-20(15-30)13-21(12-19)16-30/h1-10,19-21,27H,11-17H2,(H,35,36)(H,37,38)/t19?,20?,21?,27-,30?/m1/s1. The van der Waals surface area contributed by atoms with E-state index in [0.29, 0.717) is 28.7 Å². The summed E-state index contributed by atoms with van der Waals surface area (Å²) in [6, 6.07) is 13.6. The molecule has 0 saturated heterocycles. The first-order valence-corrected chi connectivity index (χ1v) is 15.4. The highest BCUT2D eigenvalue weighted by atomic mass is 32.2. The smallest absolute Gasteiger partial charge is 0.487 e. The van der Waals surface area contributed by atoms with E-state index in [1.54, 1.807) is 24.3 Å². The summed E-state index contributed by atoms with van der Waals surface area (Å²) in [5.74, 6) is 0.0476. The highest BCUT2D eigenvalue weighted by Crippen LogP contribution is 2.61. The molecule has 3 aromatic rings. The van der Waals surface area contributed by atoms with Crippen molar-refractivity contribution in [3.8, 4) is 5.75 Å².